The Morgan fingerprint density at radius 3 is 1.15 bits per heavy atom. The normalized spacial score (nSPS) is 15.2. The van der Waals surface area contributed by atoms with Crippen molar-refractivity contribution in [2.75, 3.05) is 4.90 Å². The number of anilines is 3. The van der Waals surface area contributed by atoms with Gasteiger partial charge in [-0.1, -0.05) is 175 Å². The zero-order valence-corrected chi connectivity index (χ0v) is 31.2. The van der Waals surface area contributed by atoms with Crippen molar-refractivity contribution in [3.63, 3.8) is 0 Å². The van der Waals surface area contributed by atoms with Gasteiger partial charge in [0.1, 0.15) is 0 Å². The van der Waals surface area contributed by atoms with Gasteiger partial charge in [-0.2, -0.15) is 0 Å². The van der Waals surface area contributed by atoms with Gasteiger partial charge >= 0.3 is 0 Å². The van der Waals surface area contributed by atoms with Gasteiger partial charge in [0.15, 0.2) is 0 Å². The molecular formula is C51H47N. The molecule has 0 aliphatic heterocycles. The number of hydrogen-bond acceptors (Lipinski definition) is 1. The number of nitrogens with zero attached hydrogens (tertiary/aromatic N) is 1. The quantitative estimate of drug-likeness (QED) is 0.163. The molecule has 0 fully saturated rings. The van der Waals surface area contributed by atoms with E-state index in [2.05, 4.69) is 222 Å². The molecule has 0 amide bonds. The predicted molar refractivity (Wildman–Crippen MR) is 223 cm³/mol. The first-order valence-corrected chi connectivity index (χ1v) is 18.5. The Hall–Kier alpha value is -5.66. The molecule has 1 aliphatic carbocycles. The molecule has 0 spiro atoms. The summed E-state index contributed by atoms with van der Waals surface area (Å²) < 4.78 is 0. The van der Waals surface area contributed by atoms with Crippen LogP contribution in [0, 0.1) is 5.41 Å². The molecule has 0 heterocycles. The summed E-state index contributed by atoms with van der Waals surface area (Å²) in [5.74, 6) is 0. The molecule has 7 aromatic carbocycles. The third-order valence-electron chi connectivity index (χ3n) is 12.6. The van der Waals surface area contributed by atoms with Gasteiger partial charge in [-0.3, -0.25) is 0 Å². The van der Waals surface area contributed by atoms with E-state index in [1.165, 1.54) is 55.6 Å². The summed E-state index contributed by atoms with van der Waals surface area (Å²) >= 11 is 0. The minimum atomic E-state index is 0.0135. The first-order chi connectivity index (χ1) is 25.1. The standard InChI is InChI=1S/C51H47N/c1-49(2)46-34-44(39-22-14-9-15-23-39)45(35-47(46)50(3,4)51(49,5)6)40-28-32-42(33-29-40)52(41-30-26-37(27-31-41)36-18-10-7-11-19-36)48-25-17-16-24-43(48)38-20-12-8-13-21-38/h7-35H,1-6H3. The van der Waals surface area contributed by atoms with Crippen molar-refractivity contribution in [3.8, 4) is 44.5 Å². The number of rotatable bonds is 7. The molecule has 0 bridgehead atoms. The lowest BCUT2D eigenvalue weighted by molar-refractivity contribution is 0.125. The van der Waals surface area contributed by atoms with Crippen molar-refractivity contribution < 1.29 is 0 Å². The van der Waals surface area contributed by atoms with E-state index in [-0.39, 0.29) is 16.2 Å². The highest BCUT2D eigenvalue weighted by Gasteiger charge is 2.57. The summed E-state index contributed by atoms with van der Waals surface area (Å²) in [7, 11) is 0. The van der Waals surface area contributed by atoms with Crippen molar-refractivity contribution in [2.24, 2.45) is 5.41 Å². The van der Waals surface area contributed by atoms with Gasteiger partial charge in [0, 0.05) is 16.9 Å². The lowest BCUT2D eigenvalue weighted by Crippen LogP contribution is -2.42. The Kier molecular flexibility index (Phi) is 8.26. The van der Waals surface area contributed by atoms with Gasteiger partial charge in [-0.25, -0.2) is 0 Å². The van der Waals surface area contributed by atoms with Crippen molar-refractivity contribution in [1.29, 1.82) is 0 Å². The number of hydrogen-bond donors (Lipinski definition) is 0. The summed E-state index contributed by atoms with van der Waals surface area (Å²) in [6.45, 7) is 14.6. The molecule has 0 unspecified atom stereocenters. The Bertz CT molecular complexity index is 2330. The zero-order valence-electron chi connectivity index (χ0n) is 31.2. The molecule has 1 heteroatoms. The van der Waals surface area contributed by atoms with Crippen LogP contribution in [0.4, 0.5) is 17.1 Å². The molecule has 1 aliphatic rings. The van der Waals surface area contributed by atoms with Crippen LogP contribution < -0.4 is 4.90 Å². The van der Waals surface area contributed by atoms with E-state index in [4.69, 9.17) is 0 Å². The van der Waals surface area contributed by atoms with Crippen LogP contribution in [0.3, 0.4) is 0 Å². The topological polar surface area (TPSA) is 3.24 Å². The van der Waals surface area contributed by atoms with Crippen LogP contribution in [0.2, 0.25) is 0 Å². The number of fused-ring (bicyclic) bond motifs is 1. The second-order valence-corrected chi connectivity index (χ2v) is 15.9. The predicted octanol–water partition coefficient (Wildman–Crippen LogP) is 14.4. The van der Waals surface area contributed by atoms with Gasteiger partial charge in [-0.15, -0.1) is 0 Å². The van der Waals surface area contributed by atoms with Crippen molar-refractivity contribution in [3.05, 3.63) is 187 Å². The van der Waals surface area contributed by atoms with Crippen molar-refractivity contribution >= 4 is 17.1 Å². The van der Waals surface area contributed by atoms with E-state index >= 15 is 0 Å². The molecule has 0 aromatic heterocycles. The number of benzene rings is 7. The van der Waals surface area contributed by atoms with Crippen LogP contribution in [-0.4, -0.2) is 0 Å². The SMILES string of the molecule is CC1(C)c2cc(-c3ccccc3)c(-c3ccc(N(c4ccc(-c5ccccc5)cc4)c4ccccc4-c4ccccc4)cc3)cc2C(C)(C)C1(C)C. The maximum atomic E-state index is 2.51. The third kappa shape index (κ3) is 5.47. The summed E-state index contributed by atoms with van der Waals surface area (Å²) in [6.07, 6.45) is 0. The van der Waals surface area contributed by atoms with E-state index in [1.54, 1.807) is 0 Å². The second kappa shape index (κ2) is 12.8. The Balaban J connectivity index is 1.28. The second-order valence-electron chi connectivity index (χ2n) is 15.9. The van der Waals surface area contributed by atoms with E-state index in [1.807, 2.05) is 0 Å². The number of para-hydroxylation sites is 1. The summed E-state index contributed by atoms with van der Waals surface area (Å²) in [4.78, 5) is 2.40. The van der Waals surface area contributed by atoms with Gasteiger partial charge in [0.25, 0.3) is 0 Å². The Morgan fingerprint density at radius 2 is 0.673 bits per heavy atom. The molecule has 1 nitrogen and oxygen atoms in total. The lowest BCUT2D eigenvalue weighted by atomic mass is 9.59. The molecule has 52 heavy (non-hydrogen) atoms. The smallest absolute Gasteiger partial charge is 0.0540 e. The molecule has 0 N–H and O–H groups in total. The molecule has 256 valence electrons. The minimum Gasteiger partial charge on any atom is -0.310 e. The fraction of sp³-hybridized carbons (Fsp3) is 0.176. The van der Waals surface area contributed by atoms with Gasteiger partial charge < -0.3 is 4.90 Å². The Morgan fingerprint density at radius 1 is 0.327 bits per heavy atom. The molecular weight excluding hydrogens is 627 g/mol. The highest BCUT2D eigenvalue weighted by Crippen LogP contribution is 2.62. The zero-order chi connectivity index (χ0) is 36.1. The van der Waals surface area contributed by atoms with Crippen LogP contribution in [0.5, 0.6) is 0 Å². The monoisotopic (exact) mass is 673 g/mol. The average molecular weight is 674 g/mol. The van der Waals surface area contributed by atoms with E-state index in [0.29, 0.717) is 0 Å². The van der Waals surface area contributed by atoms with Crippen molar-refractivity contribution in [1.82, 2.24) is 0 Å². The maximum absolute atomic E-state index is 2.51. The third-order valence-corrected chi connectivity index (χ3v) is 12.6. The molecule has 0 saturated heterocycles. The van der Waals surface area contributed by atoms with E-state index < -0.39 is 0 Å². The fourth-order valence-corrected chi connectivity index (χ4v) is 8.37. The van der Waals surface area contributed by atoms with Crippen LogP contribution in [0.1, 0.15) is 52.7 Å². The minimum absolute atomic E-state index is 0.0135. The lowest BCUT2D eigenvalue weighted by Gasteiger charge is -2.44. The van der Waals surface area contributed by atoms with Gasteiger partial charge in [0.05, 0.1) is 5.69 Å². The van der Waals surface area contributed by atoms with Gasteiger partial charge in [-0.05, 0) is 109 Å². The highest BCUT2D eigenvalue weighted by atomic mass is 15.1. The average Bonchev–Trinajstić information content (AvgIpc) is 3.29. The Labute approximate surface area is 310 Å². The molecule has 0 radical (unpaired) electrons. The fourth-order valence-electron chi connectivity index (χ4n) is 8.37. The molecule has 0 saturated carbocycles. The van der Waals surface area contributed by atoms with Crippen LogP contribution in [0.15, 0.2) is 176 Å². The largest absolute Gasteiger partial charge is 0.310 e. The first kappa shape index (κ1) is 33.5. The van der Waals surface area contributed by atoms with Crippen LogP contribution >= 0.6 is 0 Å². The van der Waals surface area contributed by atoms with Crippen LogP contribution in [-0.2, 0) is 10.8 Å². The van der Waals surface area contributed by atoms with Crippen LogP contribution in [0.25, 0.3) is 44.5 Å². The molecule has 8 rings (SSSR count). The summed E-state index contributed by atoms with van der Waals surface area (Å²) in [6, 6.07) is 64.2. The first-order valence-electron chi connectivity index (χ1n) is 18.5. The van der Waals surface area contributed by atoms with E-state index in [0.717, 1.165) is 17.1 Å². The molecule has 7 aromatic rings. The summed E-state index contributed by atoms with van der Waals surface area (Å²) in [5, 5.41) is 0. The van der Waals surface area contributed by atoms with Gasteiger partial charge in [0.2, 0.25) is 0 Å². The van der Waals surface area contributed by atoms with E-state index in [9.17, 15) is 0 Å². The molecule has 0 atom stereocenters. The van der Waals surface area contributed by atoms with Crippen molar-refractivity contribution in [2.45, 2.75) is 52.4 Å². The maximum Gasteiger partial charge on any atom is 0.0540 e. The highest BCUT2D eigenvalue weighted by molar-refractivity contribution is 5.90. The summed E-state index contributed by atoms with van der Waals surface area (Å²) in [5.41, 5.74) is 16.3.